The fourth-order valence-electron chi connectivity index (χ4n) is 2.82. The summed E-state index contributed by atoms with van der Waals surface area (Å²) in [5.41, 5.74) is 5.53. The van der Waals surface area contributed by atoms with Crippen molar-refractivity contribution in [2.24, 2.45) is 12.0 Å². The summed E-state index contributed by atoms with van der Waals surface area (Å²) in [6.07, 6.45) is 1.51. The van der Waals surface area contributed by atoms with Crippen molar-refractivity contribution in [2.45, 2.75) is 26.9 Å². The molecule has 0 aliphatic rings. The third kappa shape index (κ3) is 3.90. The maximum Gasteiger partial charge on any atom is 0.191 e. The summed E-state index contributed by atoms with van der Waals surface area (Å²) in [6.45, 7) is 5.44. The minimum Gasteiger partial charge on any atom is -0.352 e. The lowest BCUT2D eigenvalue weighted by Gasteiger charge is -2.12. The summed E-state index contributed by atoms with van der Waals surface area (Å²) in [4.78, 5) is 8.48. The Kier molecular flexibility index (Phi) is 5.31. The van der Waals surface area contributed by atoms with Crippen molar-refractivity contribution in [1.82, 2.24) is 35.6 Å². The lowest BCUT2D eigenvalue weighted by Crippen LogP contribution is -2.36. The number of nitrogens with zero attached hydrogens (tertiary/aromatic N) is 5. The summed E-state index contributed by atoms with van der Waals surface area (Å²) in [7, 11) is 3.73. The number of hydrogen-bond donors (Lipinski definition) is 3. The van der Waals surface area contributed by atoms with Crippen molar-refractivity contribution >= 4 is 5.96 Å². The smallest absolute Gasteiger partial charge is 0.191 e. The second kappa shape index (κ2) is 7.81. The fraction of sp³-hybridized carbons (Fsp3) is 0.333. The molecule has 0 saturated heterocycles. The molecule has 3 N–H and O–H groups in total. The normalized spacial score (nSPS) is 11.6. The molecule has 26 heavy (non-hydrogen) atoms. The summed E-state index contributed by atoms with van der Waals surface area (Å²) < 4.78 is 1.90. The molecule has 0 spiro atoms. The first-order valence-electron chi connectivity index (χ1n) is 8.46. The average molecular weight is 352 g/mol. The number of aliphatic imine (C=N–C) groups is 1. The second-order valence-corrected chi connectivity index (χ2v) is 6.09. The van der Waals surface area contributed by atoms with Crippen LogP contribution in [0.4, 0.5) is 0 Å². The number of aryl methyl sites for hydroxylation is 2. The maximum atomic E-state index is 4.44. The third-order valence-corrected chi connectivity index (χ3v) is 4.39. The standard InChI is InChI=1S/C18H24N8/c1-12-16(13(2)26(4)25-12)10-21-18(19-3)20-9-14-6-5-7-15(8-14)17-22-11-23-24-17/h5-8,11H,9-10H2,1-4H3,(H2,19,20,21)(H,22,23,24). The molecule has 2 aromatic heterocycles. The summed E-state index contributed by atoms with van der Waals surface area (Å²) in [5.74, 6) is 1.51. The number of aromatic nitrogens is 5. The fourth-order valence-corrected chi connectivity index (χ4v) is 2.82. The van der Waals surface area contributed by atoms with Gasteiger partial charge in [0.1, 0.15) is 6.33 Å². The quantitative estimate of drug-likeness (QED) is 0.480. The molecular weight excluding hydrogens is 328 g/mol. The molecule has 0 fully saturated rings. The molecule has 3 aromatic rings. The summed E-state index contributed by atoms with van der Waals surface area (Å²) in [6, 6.07) is 8.16. The molecule has 3 rings (SSSR count). The first-order valence-corrected chi connectivity index (χ1v) is 8.46. The van der Waals surface area contributed by atoms with E-state index < -0.39 is 0 Å². The van der Waals surface area contributed by atoms with Gasteiger partial charge in [0.25, 0.3) is 0 Å². The molecule has 8 nitrogen and oxygen atoms in total. The highest BCUT2D eigenvalue weighted by atomic mass is 15.3. The van der Waals surface area contributed by atoms with Gasteiger partial charge in [0.2, 0.25) is 0 Å². The van der Waals surface area contributed by atoms with E-state index in [1.54, 1.807) is 7.05 Å². The minimum atomic E-state index is 0.659. The Bertz CT molecular complexity index is 892. The molecule has 0 unspecified atom stereocenters. The molecule has 0 radical (unpaired) electrons. The van der Waals surface area contributed by atoms with Crippen LogP contribution in [0.15, 0.2) is 35.6 Å². The predicted molar refractivity (Wildman–Crippen MR) is 102 cm³/mol. The monoisotopic (exact) mass is 352 g/mol. The van der Waals surface area contributed by atoms with Crippen LogP contribution in [0.3, 0.4) is 0 Å². The second-order valence-electron chi connectivity index (χ2n) is 6.09. The Morgan fingerprint density at radius 1 is 1.23 bits per heavy atom. The topological polar surface area (TPSA) is 95.8 Å². The van der Waals surface area contributed by atoms with Crippen LogP contribution in [-0.4, -0.2) is 38.0 Å². The van der Waals surface area contributed by atoms with Gasteiger partial charge in [-0.1, -0.05) is 18.2 Å². The van der Waals surface area contributed by atoms with Gasteiger partial charge in [-0.3, -0.25) is 14.8 Å². The summed E-state index contributed by atoms with van der Waals surface area (Å²) >= 11 is 0. The zero-order chi connectivity index (χ0) is 18.5. The van der Waals surface area contributed by atoms with E-state index in [0.717, 1.165) is 34.3 Å². The molecule has 0 amide bonds. The highest BCUT2D eigenvalue weighted by molar-refractivity contribution is 5.79. The Labute approximate surface area is 152 Å². The number of nitrogens with one attached hydrogen (secondary N) is 3. The minimum absolute atomic E-state index is 0.659. The van der Waals surface area contributed by atoms with Crippen molar-refractivity contribution in [3.63, 3.8) is 0 Å². The van der Waals surface area contributed by atoms with Gasteiger partial charge in [-0.15, -0.1) is 0 Å². The highest BCUT2D eigenvalue weighted by Crippen LogP contribution is 2.15. The lowest BCUT2D eigenvalue weighted by atomic mass is 10.1. The molecule has 2 heterocycles. The van der Waals surface area contributed by atoms with E-state index in [2.05, 4.69) is 55.0 Å². The van der Waals surface area contributed by atoms with Crippen molar-refractivity contribution in [3.8, 4) is 11.4 Å². The van der Waals surface area contributed by atoms with E-state index in [1.807, 2.05) is 30.8 Å². The van der Waals surface area contributed by atoms with Crippen molar-refractivity contribution in [3.05, 3.63) is 53.1 Å². The average Bonchev–Trinajstić information content (AvgIpc) is 3.26. The van der Waals surface area contributed by atoms with Crippen molar-refractivity contribution < 1.29 is 0 Å². The Balaban J connectivity index is 1.60. The zero-order valence-electron chi connectivity index (χ0n) is 15.5. The van der Waals surface area contributed by atoms with E-state index in [1.165, 1.54) is 11.9 Å². The van der Waals surface area contributed by atoms with Gasteiger partial charge in [0, 0.05) is 44.0 Å². The van der Waals surface area contributed by atoms with E-state index in [9.17, 15) is 0 Å². The van der Waals surface area contributed by atoms with Crippen LogP contribution in [0, 0.1) is 13.8 Å². The van der Waals surface area contributed by atoms with Gasteiger partial charge in [0.05, 0.1) is 5.69 Å². The number of guanidine groups is 1. The first kappa shape index (κ1) is 17.7. The molecule has 8 heteroatoms. The van der Waals surface area contributed by atoms with Gasteiger partial charge in [0.15, 0.2) is 11.8 Å². The molecular formula is C18H24N8. The molecule has 1 aromatic carbocycles. The zero-order valence-corrected chi connectivity index (χ0v) is 15.5. The van der Waals surface area contributed by atoms with Gasteiger partial charge in [-0.05, 0) is 25.5 Å². The summed E-state index contributed by atoms with van der Waals surface area (Å²) in [5, 5.41) is 17.9. The van der Waals surface area contributed by atoms with Gasteiger partial charge >= 0.3 is 0 Å². The van der Waals surface area contributed by atoms with E-state index in [4.69, 9.17) is 0 Å². The number of aromatic amines is 1. The van der Waals surface area contributed by atoms with Crippen LogP contribution < -0.4 is 10.6 Å². The maximum absolute atomic E-state index is 4.44. The molecule has 0 aliphatic heterocycles. The molecule has 0 saturated carbocycles. The van der Waals surface area contributed by atoms with Crippen LogP contribution >= 0.6 is 0 Å². The molecule has 0 bridgehead atoms. The van der Waals surface area contributed by atoms with E-state index in [-0.39, 0.29) is 0 Å². The van der Waals surface area contributed by atoms with Crippen LogP contribution in [0.2, 0.25) is 0 Å². The van der Waals surface area contributed by atoms with Crippen LogP contribution in [0.5, 0.6) is 0 Å². The van der Waals surface area contributed by atoms with Crippen molar-refractivity contribution in [1.29, 1.82) is 0 Å². The first-order chi connectivity index (χ1) is 12.6. The molecule has 136 valence electrons. The number of H-pyrrole nitrogens is 1. The SMILES string of the molecule is CN=C(NCc1cccc(-c2ncn[nH]2)c1)NCc1c(C)nn(C)c1C. The number of rotatable bonds is 5. The number of benzene rings is 1. The van der Waals surface area contributed by atoms with Crippen LogP contribution in [0.1, 0.15) is 22.5 Å². The Hall–Kier alpha value is -3.16. The Morgan fingerprint density at radius 3 is 2.69 bits per heavy atom. The third-order valence-electron chi connectivity index (χ3n) is 4.39. The highest BCUT2D eigenvalue weighted by Gasteiger charge is 2.10. The van der Waals surface area contributed by atoms with E-state index >= 15 is 0 Å². The van der Waals surface area contributed by atoms with E-state index in [0.29, 0.717) is 13.1 Å². The van der Waals surface area contributed by atoms with Gasteiger partial charge in [-0.25, -0.2) is 4.98 Å². The van der Waals surface area contributed by atoms with Crippen LogP contribution in [-0.2, 0) is 20.1 Å². The predicted octanol–water partition coefficient (Wildman–Crippen LogP) is 1.69. The van der Waals surface area contributed by atoms with Gasteiger partial charge < -0.3 is 10.6 Å². The lowest BCUT2D eigenvalue weighted by molar-refractivity contribution is 0.728. The Morgan fingerprint density at radius 2 is 2.04 bits per heavy atom. The van der Waals surface area contributed by atoms with Crippen molar-refractivity contribution in [2.75, 3.05) is 7.05 Å². The number of hydrogen-bond acceptors (Lipinski definition) is 4. The van der Waals surface area contributed by atoms with Gasteiger partial charge in [-0.2, -0.15) is 10.2 Å². The largest absolute Gasteiger partial charge is 0.352 e. The molecule has 0 atom stereocenters. The molecule has 0 aliphatic carbocycles. The van der Waals surface area contributed by atoms with Crippen LogP contribution in [0.25, 0.3) is 11.4 Å².